The molecular weight excluding hydrogens is 610 g/mol. The van der Waals surface area contributed by atoms with Gasteiger partial charge in [0.2, 0.25) is 23.6 Å². The average molecular weight is 664 g/mol. The van der Waals surface area contributed by atoms with Gasteiger partial charge in [-0.25, -0.2) is 0 Å². The molecule has 1 saturated heterocycles. The Kier molecular flexibility index (Phi) is 15.3. The van der Waals surface area contributed by atoms with Crippen molar-refractivity contribution in [2.75, 3.05) is 32.7 Å². The summed E-state index contributed by atoms with van der Waals surface area (Å²) in [6, 6.07) is 15.0. The fourth-order valence-corrected chi connectivity index (χ4v) is 5.72. The highest BCUT2D eigenvalue weighted by Crippen LogP contribution is 2.12. The minimum Gasteiger partial charge on any atom is -0.370 e. The van der Waals surface area contributed by atoms with Gasteiger partial charge in [0.25, 0.3) is 0 Å². The Bertz CT molecular complexity index is 1340. The van der Waals surface area contributed by atoms with Crippen LogP contribution in [-0.2, 0) is 32.0 Å². The number of nitrogens with two attached hydrogens (primary N) is 3. The molecule has 13 nitrogen and oxygen atoms in total. The minimum absolute atomic E-state index is 0.0314. The maximum Gasteiger partial charge on any atom is 0.245 e. The molecule has 3 rings (SSSR count). The smallest absolute Gasteiger partial charge is 0.245 e. The second-order valence-electron chi connectivity index (χ2n) is 12.8. The topological polar surface area (TPSA) is 213 Å². The zero-order valence-electron chi connectivity index (χ0n) is 28.2. The van der Waals surface area contributed by atoms with Crippen LogP contribution in [0.25, 0.3) is 0 Å². The molecule has 2 aromatic rings. The maximum atomic E-state index is 13.9. The first-order valence-corrected chi connectivity index (χ1v) is 16.8. The van der Waals surface area contributed by atoms with Crippen LogP contribution in [0.4, 0.5) is 0 Å². The maximum absolute atomic E-state index is 13.9. The fraction of sp³-hybridized carbons (Fsp3) is 0.514. The number of nitrogens with zero attached hydrogens (tertiary/aromatic N) is 2. The fourth-order valence-electron chi connectivity index (χ4n) is 5.72. The normalized spacial score (nSPS) is 15.9. The van der Waals surface area contributed by atoms with Crippen LogP contribution in [0.2, 0.25) is 0 Å². The molecule has 262 valence electrons. The summed E-state index contributed by atoms with van der Waals surface area (Å²) in [7, 11) is 0. The number of hydrogen-bond acceptors (Lipinski definition) is 7. The molecule has 0 radical (unpaired) electrons. The van der Waals surface area contributed by atoms with Gasteiger partial charge in [0, 0.05) is 32.6 Å². The number of benzene rings is 2. The molecule has 1 fully saturated rings. The molecule has 0 spiro atoms. The summed E-state index contributed by atoms with van der Waals surface area (Å²) in [4.78, 5) is 58.0. The van der Waals surface area contributed by atoms with Crippen molar-refractivity contribution in [2.24, 2.45) is 23.1 Å². The highest BCUT2D eigenvalue weighted by atomic mass is 16.2. The molecule has 4 amide bonds. The molecule has 1 heterocycles. The van der Waals surface area contributed by atoms with Crippen LogP contribution in [-0.4, -0.2) is 96.3 Å². The van der Waals surface area contributed by atoms with E-state index in [1.165, 1.54) is 0 Å². The highest BCUT2D eigenvalue weighted by molar-refractivity contribution is 5.95. The Morgan fingerprint density at radius 3 is 1.85 bits per heavy atom. The molecule has 48 heavy (non-hydrogen) atoms. The predicted molar refractivity (Wildman–Crippen MR) is 186 cm³/mol. The first-order chi connectivity index (χ1) is 23.0. The van der Waals surface area contributed by atoms with E-state index in [1.807, 2.05) is 74.5 Å². The number of carbonyl (C=O) groups is 4. The van der Waals surface area contributed by atoms with E-state index in [0.29, 0.717) is 64.8 Å². The van der Waals surface area contributed by atoms with E-state index in [4.69, 9.17) is 22.6 Å². The Labute approximate surface area is 283 Å². The van der Waals surface area contributed by atoms with Gasteiger partial charge in [0.05, 0.1) is 6.04 Å². The third-order valence-electron chi connectivity index (χ3n) is 8.35. The summed E-state index contributed by atoms with van der Waals surface area (Å²) in [5.74, 6) is -1.74. The monoisotopic (exact) mass is 663 g/mol. The summed E-state index contributed by atoms with van der Waals surface area (Å²) in [5.41, 5.74) is 19.4. The van der Waals surface area contributed by atoms with Crippen molar-refractivity contribution in [3.05, 3.63) is 71.8 Å². The molecule has 0 bridgehead atoms. The number of nitrogens with one attached hydrogen (secondary N) is 4. The van der Waals surface area contributed by atoms with Crippen molar-refractivity contribution < 1.29 is 19.2 Å². The van der Waals surface area contributed by atoms with Gasteiger partial charge in [0.15, 0.2) is 5.96 Å². The largest absolute Gasteiger partial charge is 0.370 e. The molecular formula is C35H53N9O4. The standard InChI is InChI=1S/C35H53N9O4/c1-24(2)21-29(32(46)40-28(15-9-16-36)34(48)43-17-10-18-44(20-19-43)35(38)39)42-33(47)30(23-26-13-7-4-8-14-26)41-31(45)27(37)22-25-11-5-3-6-12-25/h3-8,11-14,24,27-30H,9-10,15-23,36-37H2,1-2H3,(H3,38,39)(H,40,46)(H,41,45)(H,42,47)/t27-,28-,29-,30-/m1/s1. The molecule has 1 aliphatic heterocycles. The van der Waals surface area contributed by atoms with Crippen molar-refractivity contribution in [1.29, 1.82) is 5.41 Å². The zero-order valence-corrected chi connectivity index (χ0v) is 28.2. The van der Waals surface area contributed by atoms with E-state index in [0.717, 1.165) is 11.1 Å². The van der Waals surface area contributed by atoms with E-state index in [9.17, 15) is 19.2 Å². The quantitative estimate of drug-likeness (QED) is 0.0988. The van der Waals surface area contributed by atoms with Crippen LogP contribution in [0.15, 0.2) is 60.7 Å². The molecule has 2 aromatic carbocycles. The lowest BCUT2D eigenvalue weighted by molar-refractivity contribution is -0.138. The van der Waals surface area contributed by atoms with Gasteiger partial charge in [-0.15, -0.1) is 0 Å². The second-order valence-corrected chi connectivity index (χ2v) is 12.8. The van der Waals surface area contributed by atoms with Crippen LogP contribution < -0.4 is 33.2 Å². The highest BCUT2D eigenvalue weighted by Gasteiger charge is 2.33. The Morgan fingerprint density at radius 2 is 1.27 bits per heavy atom. The second kappa shape index (κ2) is 19.4. The van der Waals surface area contributed by atoms with Crippen molar-refractivity contribution in [2.45, 2.75) is 76.5 Å². The summed E-state index contributed by atoms with van der Waals surface area (Å²) in [6.45, 7) is 6.05. The van der Waals surface area contributed by atoms with E-state index in [-0.39, 0.29) is 24.2 Å². The number of guanidine groups is 1. The van der Waals surface area contributed by atoms with Gasteiger partial charge in [-0.1, -0.05) is 74.5 Å². The molecule has 0 aliphatic carbocycles. The minimum atomic E-state index is -1.000. The molecule has 0 aromatic heterocycles. The van der Waals surface area contributed by atoms with Crippen molar-refractivity contribution in [1.82, 2.24) is 25.8 Å². The first kappa shape index (κ1) is 38.0. The van der Waals surface area contributed by atoms with E-state index in [2.05, 4.69) is 16.0 Å². The van der Waals surface area contributed by atoms with Crippen molar-refractivity contribution in [3.63, 3.8) is 0 Å². The van der Waals surface area contributed by atoms with Crippen LogP contribution >= 0.6 is 0 Å². The van der Waals surface area contributed by atoms with Crippen LogP contribution in [0.5, 0.6) is 0 Å². The number of hydrogen-bond donors (Lipinski definition) is 7. The SMILES string of the molecule is CC(C)C[C@@H](NC(=O)[C@@H](Cc1ccccc1)NC(=O)[C@H](N)Cc1ccccc1)C(=O)N[C@H](CCCN)C(=O)N1CCCN(C(=N)N)CC1. The molecule has 1 aliphatic rings. The van der Waals surface area contributed by atoms with Crippen LogP contribution in [0, 0.1) is 11.3 Å². The number of amides is 4. The van der Waals surface area contributed by atoms with Gasteiger partial charge < -0.3 is 43.0 Å². The van der Waals surface area contributed by atoms with Crippen molar-refractivity contribution in [3.8, 4) is 0 Å². The van der Waals surface area contributed by atoms with Gasteiger partial charge >= 0.3 is 0 Å². The Hall–Kier alpha value is -4.49. The van der Waals surface area contributed by atoms with Gasteiger partial charge in [0.1, 0.15) is 18.1 Å². The Morgan fingerprint density at radius 1 is 0.750 bits per heavy atom. The van der Waals surface area contributed by atoms with Crippen molar-refractivity contribution >= 4 is 29.6 Å². The number of rotatable bonds is 16. The third-order valence-corrected chi connectivity index (χ3v) is 8.35. The molecule has 0 unspecified atom stereocenters. The zero-order chi connectivity index (χ0) is 35.1. The summed E-state index contributed by atoms with van der Waals surface area (Å²) in [5, 5.41) is 16.3. The van der Waals surface area contributed by atoms with Crippen LogP contribution in [0.1, 0.15) is 50.7 Å². The molecule has 10 N–H and O–H groups in total. The van der Waals surface area contributed by atoms with Gasteiger partial charge in [-0.05, 0) is 55.7 Å². The van der Waals surface area contributed by atoms with Gasteiger partial charge in [-0.3, -0.25) is 24.6 Å². The average Bonchev–Trinajstić information content (AvgIpc) is 3.33. The third kappa shape index (κ3) is 12.3. The van der Waals surface area contributed by atoms with Crippen LogP contribution in [0.3, 0.4) is 0 Å². The molecule has 13 heteroatoms. The lowest BCUT2D eigenvalue weighted by atomic mass is 9.99. The van der Waals surface area contributed by atoms with E-state index >= 15 is 0 Å². The van der Waals surface area contributed by atoms with E-state index < -0.39 is 41.9 Å². The Balaban J connectivity index is 1.76. The van der Waals surface area contributed by atoms with Gasteiger partial charge in [-0.2, -0.15) is 0 Å². The lowest BCUT2D eigenvalue weighted by Crippen LogP contribution is -2.59. The summed E-state index contributed by atoms with van der Waals surface area (Å²) < 4.78 is 0. The molecule has 0 saturated carbocycles. The molecule has 4 atom stereocenters. The predicted octanol–water partition coefficient (Wildman–Crippen LogP) is 0.466. The lowest BCUT2D eigenvalue weighted by Gasteiger charge is -2.29. The number of carbonyl (C=O) groups excluding carboxylic acids is 4. The summed E-state index contributed by atoms with van der Waals surface area (Å²) >= 11 is 0. The summed E-state index contributed by atoms with van der Waals surface area (Å²) in [6.07, 6.45) is 2.29. The first-order valence-electron chi connectivity index (χ1n) is 16.8. The van der Waals surface area contributed by atoms with E-state index in [1.54, 1.807) is 9.80 Å².